The fourth-order valence-electron chi connectivity index (χ4n) is 1.75. The van der Waals surface area contributed by atoms with Crippen molar-refractivity contribution in [1.29, 1.82) is 0 Å². The highest BCUT2D eigenvalue weighted by atomic mass is 16.2. The van der Waals surface area contributed by atoms with E-state index >= 15 is 0 Å². The van der Waals surface area contributed by atoms with Crippen LogP contribution in [-0.4, -0.2) is 47.8 Å². The third kappa shape index (κ3) is 2.50. The Kier molecular flexibility index (Phi) is 3.37. The summed E-state index contributed by atoms with van der Waals surface area (Å²) in [5.41, 5.74) is 0. The van der Waals surface area contributed by atoms with Crippen molar-refractivity contribution in [3.63, 3.8) is 0 Å². The van der Waals surface area contributed by atoms with Crippen LogP contribution in [0.15, 0.2) is 12.2 Å². The molecule has 0 aromatic heterocycles. The van der Waals surface area contributed by atoms with Crippen molar-refractivity contribution < 1.29 is 9.59 Å². The summed E-state index contributed by atoms with van der Waals surface area (Å²) in [6.45, 7) is 2.83. The van der Waals surface area contributed by atoms with E-state index in [9.17, 15) is 9.59 Å². The monoisotopic (exact) mass is 218 g/mol. The van der Waals surface area contributed by atoms with E-state index in [0.29, 0.717) is 19.4 Å². The molecule has 2 heterocycles. The highest BCUT2D eigenvalue weighted by Gasteiger charge is 2.27. The lowest BCUT2D eigenvalue weighted by atomic mass is 10.4. The molecule has 0 bridgehead atoms. The molecule has 4 nitrogen and oxygen atoms in total. The first-order chi connectivity index (χ1) is 7.77. The molecular weight excluding hydrogens is 204 g/mol. The van der Waals surface area contributed by atoms with Crippen LogP contribution in [0.5, 0.6) is 0 Å². The van der Waals surface area contributed by atoms with E-state index in [1.807, 2.05) is 0 Å². The first-order valence-corrected chi connectivity index (χ1v) is 5.43. The van der Waals surface area contributed by atoms with Gasteiger partial charge in [0.2, 0.25) is 11.8 Å². The van der Waals surface area contributed by atoms with E-state index in [4.69, 9.17) is 0 Å². The van der Waals surface area contributed by atoms with Crippen LogP contribution in [0.25, 0.3) is 0 Å². The van der Waals surface area contributed by atoms with Gasteiger partial charge in [-0.15, -0.1) is 0 Å². The summed E-state index contributed by atoms with van der Waals surface area (Å²) in [5.74, 6) is 5.67. The maximum atomic E-state index is 11.3. The van der Waals surface area contributed by atoms with Crippen LogP contribution < -0.4 is 0 Å². The highest BCUT2D eigenvalue weighted by Crippen LogP contribution is 2.10. The SMILES string of the molecule is O=C1CCC(=O)N1CC#CCN1CC=CC1. The molecule has 0 aromatic carbocycles. The van der Waals surface area contributed by atoms with Crippen LogP contribution >= 0.6 is 0 Å². The van der Waals surface area contributed by atoms with Crippen molar-refractivity contribution in [1.82, 2.24) is 9.80 Å². The Labute approximate surface area is 94.9 Å². The summed E-state index contributed by atoms with van der Waals surface area (Å²) < 4.78 is 0. The maximum Gasteiger partial charge on any atom is 0.230 e. The van der Waals surface area contributed by atoms with Gasteiger partial charge in [0.25, 0.3) is 0 Å². The van der Waals surface area contributed by atoms with Crippen molar-refractivity contribution in [2.24, 2.45) is 0 Å². The second-order valence-corrected chi connectivity index (χ2v) is 3.89. The minimum Gasteiger partial charge on any atom is -0.285 e. The van der Waals surface area contributed by atoms with Crippen molar-refractivity contribution in [3.8, 4) is 11.8 Å². The second-order valence-electron chi connectivity index (χ2n) is 3.89. The van der Waals surface area contributed by atoms with Gasteiger partial charge in [-0.1, -0.05) is 24.0 Å². The molecule has 0 radical (unpaired) electrons. The zero-order chi connectivity index (χ0) is 11.4. The molecule has 0 unspecified atom stereocenters. The van der Waals surface area contributed by atoms with Gasteiger partial charge in [0, 0.05) is 25.9 Å². The van der Waals surface area contributed by atoms with E-state index in [0.717, 1.165) is 13.1 Å². The Morgan fingerprint density at radius 3 is 2.19 bits per heavy atom. The predicted octanol–water partition coefficient (Wildman–Crippen LogP) is 0.0106. The summed E-state index contributed by atoms with van der Waals surface area (Å²) >= 11 is 0. The third-order valence-corrected chi connectivity index (χ3v) is 2.71. The molecule has 2 aliphatic heterocycles. The van der Waals surface area contributed by atoms with Crippen molar-refractivity contribution in [2.75, 3.05) is 26.2 Å². The Bertz CT molecular complexity index is 366. The molecule has 0 spiro atoms. The summed E-state index contributed by atoms with van der Waals surface area (Å²) in [5, 5.41) is 0. The zero-order valence-corrected chi connectivity index (χ0v) is 9.11. The molecular formula is C12H14N2O2. The molecule has 2 aliphatic rings. The number of hydrogen-bond acceptors (Lipinski definition) is 3. The standard InChI is InChI=1S/C12H14N2O2/c15-11-5-6-12(16)14(11)10-4-3-9-13-7-1-2-8-13/h1-2H,5-10H2. The zero-order valence-electron chi connectivity index (χ0n) is 9.11. The quantitative estimate of drug-likeness (QED) is 0.372. The first-order valence-electron chi connectivity index (χ1n) is 5.43. The summed E-state index contributed by atoms with van der Waals surface area (Å²) in [4.78, 5) is 25.9. The fourth-order valence-corrected chi connectivity index (χ4v) is 1.75. The number of nitrogens with zero attached hydrogens (tertiary/aromatic N) is 2. The van der Waals surface area contributed by atoms with E-state index in [1.54, 1.807) is 0 Å². The first kappa shape index (κ1) is 10.9. The maximum absolute atomic E-state index is 11.3. The number of hydrogen-bond donors (Lipinski definition) is 0. The average Bonchev–Trinajstić information content (AvgIpc) is 2.87. The molecule has 0 atom stereocenters. The van der Waals surface area contributed by atoms with Gasteiger partial charge in [-0.3, -0.25) is 19.4 Å². The van der Waals surface area contributed by atoms with Gasteiger partial charge >= 0.3 is 0 Å². The van der Waals surface area contributed by atoms with Crippen LogP contribution in [0.4, 0.5) is 0 Å². The molecule has 4 heteroatoms. The largest absolute Gasteiger partial charge is 0.285 e. The van der Waals surface area contributed by atoms with Crippen molar-refractivity contribution in [3.05, 3.63) is 12.2 Å². The minimum absolute atomic E-state index is 0.0952. The Morgan fingerprint density at radius 1 is 1.00 bits per heavy atom. The van der Waals surface area contributed by atoms with Gasteiger partial charge < -0.3 is 0 Å². The van der Waals surface area contributed by atoms with E-state index in [2.05, 4.69) is 28.9 Å². The van der Waals surface area contributed by atoms with Crippen LogP contribution in [0.2, 0.25) is 0 Å². The summed E-state index contributed by atoms with van der Waals surface area (Å²) in [7, 11) is 0. The number of likely N-dealkylation sites (tertiary alicyclic amines) is 1. The smallest absolute Gasteiger partial charge is 0.230 e. The normalized spacial score (nSPS) is 20.4. The van der Waals surface area contributed by atoms with Gasteiger partial charge in [0.1, 0.15) is 0 Å². The highest BCUT2D eigenvalue weighted by molar-refractivity contribution is 6.02. The van der Waals surface area contributed by atoms with E-state index < -0.39 is 0 Å². The number of imide groups is 1. The molecule has 2 amide bonds. The second kappa shape index (κ2) is 4.95. The average molecular weight is 218 g/mol. The lowest BCUT2D eigenvalue weighted by Crippen LogP contribution is -2.29. The summed E-state index contributed by atoms with van der Waals surface area (Å²) in [6, 6.07) is 0. The van der Waals surface area contributed by atoms with E-state index in [1.165, 1.54) is 4.90 Å². The van der Waals surface area contributed by atoms with Crippen molar-refractivity contribution in [2.45, 2.75) is 12.8 Å². The van der Waals surface area contributed by atoms with Gasteiger partial charge in [0.15, 0.2) is 0 Å². The molecule has 0 saturated carbocycles. The molecule has 1 saturated heterocycles. The molecule has 0 N–H and O–H groups in total. The molecule has 0 aromatic rings. The molecule has 1 fully saturated rings. The summed E-state index contributed by atoms with van der Waals surface area (Å²) in [6.07, 6.45) is 4.90. The molecule has 16 heavy (non-hydrogen) atoms. The van der Waals surface area contributed by atoms with Crippen LogP contribution in [0.3, 0.4) is 0 Å². The van der Waals surface area contributed by atoms with E-state index in [-0.39, 0.29) is 18.4 Å². The Balaban J connectivity index is 1.76. The fraction of sp³-hybridized carbons (Fsp3) is 0.500. The number of carbonyl (C=O) groups excluding carboxylic acids is 2. The number of rotatable bonds is 2. The third-order valence-electron chi connectivity index (χ3n) is 2.71. The minimum atomic E-state index is -0.0952. The Hall–Kier alpha value is -1.60. The number of amides is 2. The van der Waals surface area contributed by atoms with Crippen LogP contribution in [0.1, 0.15) is 12.8 Å². The topological polar surface area (TPSA) is 40.6 Å². The molecule has 0 aliphatic carbocycles. The predicted molar refractivity (Wildman–Crippen MR) is 59.3 cm³/mol. The van der Waals surface area contributed by atoms with Gasteiger partial charge in [-0.25, -0.2) is 0 Å². The van der Waals surface area contributed by atoms with Gasteiger partial charge in [0.05, 0.1) is 13.1 Å². The lowest BCUT2D eigenvalue weighted by molar-refractivity contribution is -0.137. The van der Waals surface area contributed by atoms with Crippen molar-refractivity contribution >= 4 is 11.8 Å². The van der Waals surface area contributed by atoms with Crippen LogP contribution in [0, 0.1) is 11.8 Å². The Morgan fingerprint density at radius 2 is 1.56 bits per heavy atom. The molecule has 2 rings (SSSR count). The van der Waals surface area contributed by atoms with Crippen LogP contribution in [-0.2, 0) is 9.59 Å². The van der Waals surface area contributed by atoms with Gasteiger partial charge in [-0.2, -0.15) is 0 Å². The lowest BCUT2D eigenvalue weighted by Gasteiger charge is -2.10. The molecule has 84 valence electrons. The number of carbonyl (C=O) groups is 2. The van der Waals surface area contributed by atoms with Gasteiger partial charge in [-0.05, 0) is 0 Å².